The summed E-state index contributed by atoms with van der Waals surface area (Å²) < 4.78 is 18.7. The van der Waals surface area contributed by atoms with Crippen LogP contribution in [0.1, 0.15) is 29.9 Å². The van der Waals surface area contributed by atoms with Gasteiger partial charge in [0.2, 0.25) is 0 Å². The van der Waals surface area contributed by atoms with Gasteiger partial charge >= 0.3 is 0 Å². The zero-order valence-electron chi connectivity index (χ0n) is 10.7. The van der Waals surface area contributed by atoms with Crippen LogP contribution in [0.5, 0.6) is 0 Å². The van der Waals surface area contributed by atoms with Gasteiger partial charge in [-0.25, -0.2) is 4.39 Å². The van der Waals surface area contributed by atoms with Gasteiger partial charge in [0.25, 0.3) is 0 Å². The van der Waals surface area contributed by atoms with Gasteiger partial charge in [-0.2, -0.15) is 0 Å². The molecule has 0 radical (unpaired) electrons. The minimum absolute atomic E-state index is 0.0804. The van der Waals surface area contributed by atoms with Crippen molar-refractivity contribution in [1.29, 1.82) is 0 Å². The van der Waals surface area contributed by atoms with Crippen LogP contribution in [0.2, 0.25) is 0 Å². The monoisotopic (exact) mass is 247 g/mol. The summed E-state index contributed by atoms with van der Waals surface area (Å²) >= 11 is 0. The minimum atomic E-state index is -0.196. The van der Waals surface area contributed by atoms with Crippen LogP contribution in [-0.2, 0) is 6.42 Å². The van der Waals surface area contributed by atoms with Crippen molar-refractivity contribution in [3.05, 3.63) is 59.3 Å². The Morgan fingerprint density at radius 3 is 2.83 bits per heavy atom. The molecule has 0 bridgehead atoms. The third kappa shape index (κ3) is 2.99. The molecule has 2 rings (SSSR count). The van der Waals surface area contributed by atoms with Crippen LogP contribution in [0.4, 0.5) is 4.39 Å². The molecule has 0 amide bonds. The van der Waals surface area contributed by atoms with E-state index >= 15 is 0 Å². The van der Waals surface area contributed by atoms with E-state index in [-0.39, 0.29) is 11.9 Å². The second kappa shape index (κ2) is 5.83. The van der Waals surface area contributed by atoms with E-state index in [0.717, 1.165) is 29.9 Å². The number of hydrogen-bond donors (Lipinski definition) is 1. The molecule has 3 heteroatoms. The van der Waals surface area contributed by atoms with Crippen LogP contribution in [0.15, 0.2) is 41.0 Å². The van der Waals surface area contributed by atoms with Crippen LogP contribution >= 0.6 is 0 Å². The molecule has 1 unspecified atom stereocenters. The molecular formula is C15H18FNO. The maximum Gasteiger partial charge on any atom is 0.123 e. The Kier molecular flexibility index (Phi) is 4.15. The minimum Gasteiger partial charge on any atom is -0.469 e. The predicted molar refractivity (Wildman–Crippen MR) is 70.0 cm³/mol. The van der Waals surface area contributed by atoms with Gasteiger partial charge in [-0.15, -0.1) is 0 Å². The van der Waals surface area contributed by atoms with Gasteiger partial charge in [0.05, 0.1) is 6.26 Å². The molecular weight excluding hydrogens is 229 g/mol. The standard InChI is InChI=1S/C15H18FNO/c1-3-17-15(10-13-5-4-8-18-13)14-9-12(16)7-6-11(14)2/h4-9,15,17H,3,10H2,1-2H3. The fourth-order valence-electron chi connectivity index (χ4n) is 2.16. The van der Waals surface area contributed by atoms with E-state index in [2.05, 4.69) is 5.32 Å². The molecule has 2 aromatic rings. The molecule has 0 aliphatic heterocycles. The van der Waals surface area contributed by atoms with Gasteiger partial charge in [-0.3, -0.25) is 0 Å². The molecule has 0 aliphatic rings. The first-order chi connectivity index (χ1) is 8.70. The summed E-state index contributed by atoms with van der Waals surface area (Å²) in [6, 6.07) is 8.81. The smallest absolute Gasteiger partial charge is 0.123 e. The summed E-state index contributed by atoms with van der Waals surface area (Å²) in [6.45, 7) is 4.88. The number of halogens is 1. The normalized spacial score (nSPS) is 12.6. The summed E-state index contributed by atoms with van der Waals surface area (Å²) in [4.78, 5) is 0. The first-order valence-electron chi connectivity index (χ1n) is 6.22. The van der Waals surface area contributed by atoms with E-state index in [4.69, 9.17) is 4.42 Å². The fraction of sp³-hybridized carbons (Fsp3) is 0.333. The van der Waals surface area contributed by atoms with Crippen molar-refractivity contribution in [3.63, 3.8) is 0 Å². The lowest BCUT2D eigenvalue weighted by Crippen LogP contribution is -2.23. The first kappa shape index (κ1) is 12.8. The SMILES string of the molecule is CCNC(Cc1ccco1)c1cc(F)ccc1C. The number of nitrogens with one attached hydrogen (secondary N) is 1. The number of aryl methyl sites for hydroxylation is 1. The van der Waals surface area contributed by atoms with Gasteiger partial charge in [0.1, 0.15) is 11.6 Å². The van der Waals surface area contributed by atoms with E-state index < -0.39 is 0 Å². The predicted octanol–water partition coefficient (Wildman–Crippen LogP) is 3.62. The summed E-state index contributed by atoms with van der Waals surface area (Å²) in [6.07, 6.45) is 2.39. The lowest BCUT2D eigenvalue weighted by Gasteiger charge is -2.19. The van der Waals surface area contributed by atoms with E-state index in [9.17, 15) is 4.39 Å². The Labute approximate surface area is 107 Å². The van der Waals surface area contributed by atoms with Gasteiger partial charge in [0.15, 0.2) is 0 Å². The van der Waals surface area contributed by atoms with Crippen LogP contribution < -0.4 is 5.32 Å². The van der Waals surface area contributed by atoms with Crippen molar-refractivity contribution in [2.75, 3.05) is 6.54 Å². The second-order valence-corrected chi connectivity index (χ2v) is 4.39. The third-order valence-corrected chi connectivity index (χ3v) is 3.05. The molecule has 0 saturated heterocycles. The largest absolute Gasteiger partial charge is 0.469 e. The van der Waals surface area contributed by atoms with Gasteiger partial charge < -0.3 is 9.73 Å². The molecule has 1 atom stereocenters. The molecule has 0 aliphatic carbocycles. The van der Waals surface area contributed by atoms with E-state index in [1.165, 1.54) is 6.07 Å². The third-order valence-electron chi connectivity index (χ3n) is 3.05. The van der Waals surface area contributed by atoms with Gasteiger partial charge in [0, 0.05) is 12.5 Å². The number of likely N-dealkylation sites (N-methyl/N-ethyl adjacent to an activating group) is 1. The molecule has 1 aromatic heterocycles. The molecule has 96 valence electrons. The number of hydrogen-bond acceptors (Lipinski definition) is 2. The quantitative estimate of drug-likeness (QED) is 0.873. The van der Waals surface area contributed by atoms with Crippen LogP contribution in [-0.4, -0.2) is 6.54 Å². The fourth-order valence-corrected chi connectivity index (χ4v) is 2.16. The Balaban J connectivity index is 2.26. The average Bonchev–Trinajstić information content (AvgIpc) is 2.85. The molecule has 1 N–H and O–H groups in total. The van der Waals surface area contributed by atoms with Gasteiger partial charge in [-0.05, 0) is 48.9 Å². The highest BCUT2D eigenvalue weighted by Gasteiger charge is 2.15. The number of furan rings is 1. The highest BCUT2D eigenvalue weighted by Crippen LogP contribution is 2.23. The van der Waals surface area contributed by atoms with Crippen molar-refractivity contribution < 1.29 is 8.81 Å². The Hall–Kier alpha value is -1.61. The Bertz CT molecular complexity index is 493. The zero-order chi connectivity index (χ0) is 13.0. The van der Waals surface area contributed by atoms with Crippen molar-refractivity contribution in [1.82, 2.24) is 5.32 Å². The molecule has 0 saturated carbocycles. The van der Waals surface area contributed by atoms with Crippen LogP contribution in [0.25, 0.3) is 0 Å². The Morgan fingerprint density at radius 1 is 1.33 bits per heavy atom. The molecule has 1 heterocycles. The van der Waals surface area contributed by atoms with Crippen molar-refractivity contribution in [2.45, 2.75) is 26.3 Å². The lowest BCUT2D eigenvalue weighted by atomic mass is 9.97. The highest BCUT2D eigenvalue weighted by molar-refractivity contribution is 5.30. The van der Waals surface area contributed by atoms with E-state index in [0.29, 0.717) is 0 Å². The molecule has 2 nitrogen and oxygen atoms in total. The molecule has 18 heavy (non-hydrogen) atoms. The van der Waals surface area contributed by atoms with Crippen molar-refractivity contribution in [3.8, 4) is 0 Å². The first-order valence-corrected chi connectivity index (χ1v) is 6.22. The van der Waals surface area contributed by atoms with Crippen molar-refractivity contribution in [2.24, 2.45) is 0 Å². The van der Waals surface area contributed by atoms with E-state index in [1.807, 2.05) is 32.0 Å². The summed E-state index contributed by atoms with van der Waals surface area (Å²) in [5.74, 6) is 0.711. The van der Waals surface area contributed by atoms with Gasteiger partial charge in [-0.1, -0.05) is 13.0 Å². The molecule has 1 aromatic carbocycles. The topological polar surface area (TPSA) is 25.2 Å². The average molecular weight is 247 g/mol. The van der Waals surface area contributed by atoms with Crippen molar-refractivity contribution >= 4 is 0 Å². The summed E-state index contributed by atoms with van der Waals surface area (Å²) in [5.41, 5.74) is 2.09. The second-order valence-electron chi connectivity index (χ2n) is 4.39. The summed E-state index contributed by atoms with van der Waals surface area (Å²) in [5, 5.41) is 3.38. The van der Waals surface area contributed by atoms with E-state index in [1.54, 1.807) is 12.3 Å². The highest BCUT2D eigenvalue weighted by atomic mass is 19.1. The number of rotatable bonds is 5. The Morgan fingerprint density at radius 2 is 2.17 bits per heavy atom. The summed E-state index contributed by atoms with van der Waals surface area (Å²) in [7, 11) is 0. The van der Waals surface area contributed by atoms with Crippen LogP contribution in [0, 0.1) is 12.7 Å². The molecule has 0 spiro atoms. The number of benzene rings is 1. The zero-order valence-corrected chi connectivity index (χ0v) is 10.7. The molecule has 0 fully saturated rings. The van der Waals surface area contributed by atoms with Crippen LogP contribution in [0.3, 0.4) is 0 Å². The maximum atomic E-state index is 13.4. The lowest BCUT2D eigenvalue weighted by molar-refractivity contribution is 0.453. The maximum absolute atomic E-state index is 13.4.